The van der Waals surface area contributed by atoms with E-state index in [0.717, 1.165) is 30.9 Å². The molecule has 3 N–H and O–H groups in total. The van der Waals surface area contributed by atoms with Crippen molar-refractivity contribution in [2.24, 2.45) is 5.84 Å². The minimum Gasteiger partial charge on any atom is -0.497 e. The van der Waals surface area contributed by atoms with Crippen molar-refractivity contribution < 1.29 is 4.74 Å². The number of ether oxygens (including phenoxy) is 1. The van der Waals surface area contributed by atoms with Crippen molar-refractivity contribution in [1.82, 2.24) is 15.2 Å². The first kappa shape index (κ1) is 14.3. The maximum Gasteiger partial charge on any atom is 0.119 e. The fourth-order valence-corrected chi connectivity index (χ4v) is 2.67. The molecular weight excluding hydrogens is 240 g/mol. The molecule has 1 heterocycles. The van der Waals surface area contributed by atoms with Gasteiger partial charge in [0.2, 0.25) is 0 Å². The largest absolute Gasteiger partial charge is 0.497 e. The number of likely N-dealkylation sites (N-methyl/N-ethyl adjacent to an activating group) is 2. The Hall–Kier alpha value is -1.14. The number of nitrogens with one attached hydrogen (secondary N) is 1. The zero-order valence-corrected chi connectivity index (χ0v) is 12.0. The Labute approximate surface area is 115 Å². The predicted octanol–water partition coefficient (Wildman–Crippen LogP) is 0.445. The molecule has 106 valence electrons. The lowest BCUT2D eigenvalue weighted by atomic mass is 9.96. The van der Waals surface area contributed by atoms with Crippen LogP contribution in [0, 0.1) is 0 Å². The van der Waals surface area contributed by atoms with Crippen LogP contribution in [-0.2, 0) is 0 Å². The molecule has 2 unspecified atom stereocenters. The SMILES string of the molecule is COc1cccc(C(NN)C2CN(C)CCN2C)c1. The molecule has 2 rings (SSSR count). The maximum absolute atomic E-state index is 5.80. The third-order valence-electron chi connectivity index (χ3n) is 3.92. The van der Waals surface area contributed by atoms with Crippen molar-refractivity contribution in [1.29, 1.82) is 0 Å². The van der Waals surface area contributed by atoms with E-state index in [1.54, 1.807) is 7.11 Å². The molecule has 1 aromatic rings. The predicted molar refractivity (Wildman–Crippen MR) is 77.0 cm³/mol. The molecule has 5 heteroatoms. The smallest absolute Gasteiger partial charge is 0.119 e. The van der Waals surface area contributed by atoms with Crippen molar-refractivity contribution in [2.45, 2.75) is 12.1 Å². The first-order chi connectivity index (χ1) is 9.15. The van der Waals surface area contributed by atoms with Crippen LogP contribution in [0.4, 0.5) is 0 Å². The molecule has 0 spiro atoms. The van der Waals surface area contributed by atoms with E-state index in [1.807, 2.05) is 18.2 Å². The van der Waals surface area contributed by atoms with Gasteiger partial charge < -0.3 is 9.64 Å². The number of hydrogen-bond donors (Lipinski definition) is 2. The minimum atomic E-state index is 0.0999. The van der Waals surface area contributed by atoms with Crippen LogP contribution >= 0.6 is 0 Å². The summed E-state index contributed by atoms with van der Waals surface area (Å²) in [5.74, 6) is 6.66. The highest BCUT2D eigenvalue weighted by Gasteiger charge is 2.30. The summed E-state index contributed by atoms with van der Waals surface area (Å²) < 4.78 is 5.29. The number of piperazine rings is 1. The van der Waals surface area contributed by atoms with Crippen LogP contribution in [0.5, 0.6) is 5.75 Å². The molecule has 0 amide bonds. The first-order valence-corrected chi connectivity index (χ1v) is 6.64. The maximum atomic E-state index is 5.80. The van der Waals surface area contributed by atoms with E-state index in [0.29, 0.717) is 6.04 Å². The summed E-state index contributed by atoms with van der Waals surface area (Å²) >= 11 is 0. The summed E-state index contributed by atoms with van der Waals surface area (Å²) in [5, 5.41) is 0. The summed E-state index contributed by atoms with van der Waals surface area (Å²) in [4.78, 5) is 4.71. The first-order valence-electron chi connectivity index (χ1n) is 6.64. The molecule has 19 heavy (non-hydrogen) atoms. The average Bonchev–Trinajstić information content (AvgIpc) is 2.44. The van der Waals surface area contributed by atoms with Gasteiger partial charge in [-0.2, -0.15) is 0 Å². The van der Waals surface area contributed by atoms with E-state index in [-0.39, 0.29) is 6.04 Å². The molecule has 1 aliphatic rings. The second kappa shape index (κ2) is 6.34. The fraction of sp³-hybridized carbons (Fsp3) is 0.571. The lowest BCUT2D eigenvalue weighted by molar-refractivity contribution is 0.0876. The molecule has 0 aliphatic carbocycles. The minimum absolute atomic E-state index is 0.0999. The fourth-order valence-electron chi connectivity index (χ4n) is 2.67. The van der Waals surface area contributed by atoms with Crippen molar-refractivity contribution in [3.63, 3.8) is 0 Å². The van der Waals surface area contributed by atoms with E-state index < -0.39 is 0 Å². The number of hydrazine groups is 1. The van der Waals surface area contributed by atoms with E-state index >= 15 is 0 Å². The Bertz CT molecular complexity index is 412. The van der Waals surface area contributed by atoms with Crippen molar-refractivity contribution in [3.8, 4) is 5.75 Å². The van der Waals surface area contributed by atoms with Crippen molar-refractivity contribution in [2.75, 3.05) is 40.8 Å². The van der Waals surface area contributed by atoms with Gasteiger partial charge in [-0.05, 0) is 31.8 Å². The lowest BCUT2D eigenvalue weighted by Gasteiger charge is -2.41. The zero-order valence-electron chi connectivity index (χ0n) is 12.0. The van der Waals surface area contributed by atoms with Gasteiger partial charge in [-0.3, -0.25) is 16.2 Å². The lowest BCUT2D eigenvalue weighted by Crippen LogP contribution is -2.56. The van der Waals surface area contributed by atoms with Crippen LogP contribution in [0.25, 0.3) is 0 Å². The van der Waals surface area contributed by atoms with Gasteiger partial charge in [0.05, 0.1) is 13.2 Å². The van der Waals surface area contributed by atoms with Crippen LogP contribution in [0.1, 0.15) is 11.6 Å². The van der Waals surface area contributed by atoms with Crippen LogP contribution in [0.2, 0.25) is 0 Å². The quantitative estimate of drug-likeness (QED) is 0.611. The molecule has 0 aromatic heterocycles. The Morgan fingerprint density at radius 2 is 2.16 bits per heavy atom. The Morgan fingerprint density at radius 3 is 2.84 bits per heavy atom. The van der Waals surface area contributed by atoms with Gasteiger partial charge in [-0.1, -0.05) is 12.1 Å². The van der Waals surface area contributed by atoms with Crippen molar-refractivity contribution >= 4 is 0 Å². The molecule has 1 saturated heterocycles. The highest BCUT2D eigenvalue weighted by atomic mass is 16.5. The highest BCUT2D eigenvalue weighted by Crippen LogP contribution is 2.25. The van der Waals surface area contributed by atoms with Gasteiger partial charge in [0.1, 0.15) is 5.75 Å². The van der Waals surface area contributed by atoms with E-state index in [2.05, 4.69) is 35.4 Å². The Morgan fingerprint density at radius 1 is 1.37 bits per heavy atom. The molecule has 1 aromatic carbocycles. The second-order valence-electron chi connectivity index (χ2n) is 5.23. The van der Waals surface area contributed by atoms with Crippen LogP contribution < -0.4 is 16.0 Å². The standard InChI is InChI=1S/C14H24N4O/c1-17-7-8-18(2)13(10-17)14(16-15)11-5-4-6-12(9-11)19-3/h4-6,9,13-14,16H,7-8,10,15H2,1-3H3. The van der Waals surface area contributed by atoms with Crippen LogP contribution in [0.3, 0.4) is 0 Å². The number of hydrogen-bond acceptors (Lipinski definition) is 5. The molecule has 1 fully saturated rings. The molecule has 2 atom stereocenters. The number of nitrogens with two attached hydrogens (primary N) is 1. The van der Waals surface area contributed by atoms with Crippen molar-refractivity contribution in [3.05, 3.63) is 29.8 Å². The van der Waals surface area contributed by atoms with E-state index in [4.69, 9.17) is 10.6 Å². The van der Waals surface area contributed by atoms with Gasteiger partial charge in [-0.25, -0.2) is 0 Å². The van der Waals surface area contributed by atoms with E-state index in [1.165, 1.54) is 0 Å². The molecule has 0 bridgehead atoms. The second-order valence-corrected chi connectivity index (χ2v) is 5.23. The Kier molecular flexibility index (Phi) is 4.76. The monoisotopic (exact) mass is 264 g/mol. The summed E-state index contributed by atoms with van der Waals surface area (Å²) in [7, 11) is 5.99. The zero-order chi connectivity index (χ0) is 13.8. The summed E-state index contributed by atoms with van der Waals surface area (Å²) in [6.07, 6.45) is 0. The molecule has 5 nitrogen and oxygen atoms in total. The molecular formula is C14H24N4O. The van der Waals surface area contributed by atoms with Gasteiger partial charge in [0.15, 0.2) is 0 Å². The summed E-state index contributed by atoms with van der Waals surface area (Å²) in [6, 6.07) is 8.56. The van der Waals surface area contributed by atoms with Crippen LogP contribution in [-0.4, -0.2) is 56.7 Å². The number of nitrogens with zero attached hydrogens (tertiary/aromatic N) is 2. The normalized spacial score (nSPS) is 23.3. The average molecular weight is 264 g/mol. The number of methoxy groups -OCH3 is 1. The topological polar surface area (TPSA) is 53.8 Å². The third-order valence-corrected chi connectivity index (χ3v) is 3.92. The van der Waals surface area contributed by atoms with E-state index in [9.17, 15) is 0 Å². The van der Waals surface area contributed by atoms with Gasteiger partial charge in [0, 0.05) is 25.7 Å². The summed E-state index contributed by atoms with van der Waals surface area (Å²) in [6.45, 7) is 3.16. The van der Waals surface area contributed by atoms with Gasteiger partial charge >= 0.3 is 0 Å². The molecule has 0 radical (unpaired) electrons. The Balaban J connectivity index is 2.22. The highest BCUT2D eigenvalue weighted by molar-refractivity contribution is 5.31. The molecule has 1 aliphatic heterocycles. The van der Waals surface area contributed by atoms with Gasteiger partial charge in [0.25, 0.3) is 0 Å². The number of rotatable bonds is 4. The molecule has 0 saturated carbocycles. The summed E-state index contributed by atoms with van der Waals surface area (Å²) in [5.41, 5.74) is 4.13. The van der Waals surface area contributed by atoms with Crippen LogP contribution in [0.15, 0.2) is 24.3 Å². The third kappa shape index (κ3) is 3.25. The number of benzene rings is 1. The van der Waals surface area contributed by atoms with Gasteiger partial charge in [-0.15, -0.1) is 0 Å².